The lowest BCUT2D eigenvalue weighted by Crippen LogP contribution is -2.40. The lowest BCUT2D eigenvalue weighted by molar-refractivity contribution is -0.130. The molecule has 1 aromatic rings. The Morgan fingerprint density at radius 3 is 2.11 bits per heavy atom. The maximum atomic E-state index is 12.6. The summed E-state index contributed by atoms with van der Waals surface area (Å²) in [5.74, 6) is -0.125. The van der Waals surface area contributed by atoms with Gasteiger partial charge in [0.25, 0.3) is 0 Å². The summed E-state index contributed by atoms with van der Waals surface area (Å²) in [6.07, 6.45) is 0.0599. The summed E-state index contributed by atoms with van der Waals surface area (Å²) < 4.78 is 58.8. The first-order valence-corrected chi connectivity index (χ1v) is 12.1. The Morgan fingerprint density at radius 2 is 1.57 bits per heavy atom. The number of ether oxygens (including phenoxy) is 1. The number of benzene rings is 1. The van der Waals surface area contributed by atoms with Gasteiger partial charge >= 0.3 is 0 Å². The van der Waals surface area contributed by atoms with Gasteiger partial charge in [0.05, 0.1) is 23.0 Å². The van der Waals surface area contributed by atoms with Crippen LogP contribution >= 0.6 is 0 Å². The monoisotopic (exact) mass is 433 g/mol. The third-order valence-corrected chi connectivity index (χ3v) is 7.88. The SMILES string of the molecule is CCN(CC)C(=O)CCNS(=O)(=O)c1ccc(S(=O)(=O)N2CCOCC2)cc1. The third kappa shape index (κ3) is 5.51. The van der Waals surface area contributed by atoms with Crippen LogP contribution in [0.25, 0.3) is 0 Å². The van der Waals surface area contributed by atoms with Gasteiger partial charge in [0.1, 0.15) is 0 Å². The van der Waals surface area contributed by atoms with Gasteiger partial charge in [-0.15, -0.1) is 0 Å². The van der Waals surface area contributed by atoms with Gasteiger partial charge in [-0.05, 0) is 38.1 Å². The van der Waals surface area contributed by atoms with Gasteiger partial charge in [0, 0.05) is 39.1 Å². The molecule has 0 unspecified atom stereocenters. The number of sulfonamides is 2. The molecule has 9 nitrogen and oxygen atoms in total. The van der Waals surface area contributed by atoms with Crippen LogP contribution in [0.3, 0.4) is 0 Å². The highest BCUT2D eigenvalue weighted by atomic mass is 32.2. The zero-order chi connectivity index (χ0) is 20.8. The molecule has 0 saturated carbocycles. The number of carbonyl (C=O) groups excluding carboxylic acids is 1. The van der Waals surface area contributed by atoms with E-state index >= 15 is 0 Å². The molecular weight excluding hydrogens is 406 g/mol. The van der Waals surface area contributed by atoms with Crippen LogP contribution < -0.4 is 4.72 Å². The summed E-state index contributed by atoms with van der Waals surface area (Å²) in [5, 5.41) is 0. The second-order valence-corrected chi connectivity index (χ2v) is 9.91. The Kier molecular flexibility index (Phi) is 7.96. The first kappa shape index (κ1) is 22.8. The third-order valence-electron chi connectivity index (χ3n) is 4.49. The van der Waals surface area contributed by atoms with Crippen molar-refractivity contribution in [2.75, 3.05) is 45.9 Å². The fourth-order valence-electron chi connectivity index (χ4n) is 2.84. The summed E-state index contributed by atoms with van der Waals surface area (Å²) in [4.78, 5) is 13.5. The number of hydrogen-bond acceptors (Lipinski definition) is 6. The van der Waals surface area contributed by atoms with E-state index < -0.39 is 20.0 Å². The molecule has 1 saturated heterocycles. The first-order valence-electron chi connectivity index (χ1n) is 9.17. The Hall–Kier alpha value is -1.53. The van der Waals surface area contributed by atoms with Crippen molar-refractivity contribution in [1.29, 1.82) is 0 Å². The second-order valence-electron chi connectivity index (χ2n) is 6.20. The predicted molar refractivity (Wildman–Crippen MR) is 104 cm³/mol. The second kappa shape index (κ2) is 9.79. The lowest BCUT2D eigenvalue weighted by atomic mass is 10.3. The minimum atomic E-state index is -3.83. The quantitative estimate of drug-likeness (QED) is 0.597. The number of nitrogens with zero attached hydrogens (tertiary/aromatic N) is 2. The van der Waals surface area contributed by atoms with E-state index in [-0.39, 0.29) is 41.8 Å². The highest BCUT2D eigenvalue weighted by Gasteiger charge is 2.26. The van der Waals surface area contributed by atoms with Crippen LogP contribution in [0.1, 0.15) is 20.3 Å². The highest BCUT2D eigenvalue weighted by molar-refractivity contribution is 7.89. The maximum Gasteiger partial charge on any atom is 0.243 e. The summed E-state index contributed by atoms with van der Waals surface area (Å²) in [5.41, 5.74) is 0. The largest absolute Gasteiger partial charge is 0.379 e. The highest BCUT2D eigenvalue weighted by Crippen LogP contribution is 2.19. The van der Waals surface area contributed by atoms with E-state index in [1.165, 1.54) is 28.6 Å². The summed E-state index contributed by atoms with van der Waals surface area (Å²) in [6.45, 7) is 6.04. The van der Waals surface area contributed by atoms with Crippen molar-refractivity contribution >= 4 is 26.0 Å². The number of hydrogen-bond donors (Lipinski definition) is 1. The Bertz CT molecular complexity index is 859. The molecule has 0 spiro atoms. The van der Waals surface area contributed by atoms with Crippen molar-refractivity contribution in [3.63, 3.8) is 0 Å². The topological polar surface area (TPSA) is 113 Å². The van der Waals surface area contributed by atoms with E-state index in [1.807, 2.05) is 13.8 Å². The van der Waals surface area contributed by atoms with Crippen molar-refractivity contribution in [3.05, 3.63) is 24.3 Å². The van der Waals surface area contributed by atoms with E-state index in [0.29, 0.717) is 26.3 Å². The average molecular weight is 434 g/mol. The van der Waals surface area contributed by atoms with E-state index in [2.05, 4.69) is 4.72 Å². The summed E-state index contributed by atoms with van der Waals surface area (Å²) >= 11 is 0. The zero-order valence-electron chi connectivity index (χ0n) is 16.1. The fourth-order valence-corrected chi connectivity index (χ4v) is 5.28. The molecule has 0 bridgehead atoms. The number of carbonyl (C=O) groups is 1. The molecule has 1 aromatic carbocycles. The van der Waals surface area contributed by atoms with Crippen molar-refractivity contribution in [2.24, 2.45) is 0 Å². The van der Waals surface area contributed by atoms with Crippen molar-refractivity contribution in [2.45, 2.75) is 30.1 Å². The van der Waals surface area contributed by atoms with Crippen LogP contribution in [-0.4, -0.2) is 77.9 Å². The Balaban J connectivity index is 2.02. The van der Waals surface area contributed by atoms with Gasteiger partial charge < -0.3 is 9.64 Å². The first-order chi connectivity index (χ1) is 13.2. The van der Waals surface area contributed by atoms with Crippen molar-refractivity contribution < 1.29 is 26.4 Å². The standard InChI is InChI=1S/C17H27N3O6S2/c1-3-19(4-2)17(21)9-10-18-27(22,23)15-5-7-16(8-6-15)28(24,25)20-11-13-26-14-12-20/h5-8,18H,3-4,9-14H2,1-2H3. The van der Waals surface area contributed by atoms with E-state index in [0.717, 1.165) is 0 Å². The van der Waals surface area contributed by atoms with Crippen molar-refractivity contribution in [1.82, 2.24) is 13.9 Å². The number of morpholine rings is 1. The van der Waals surface area contributed by atoms with Crippen LogP contribution in [0.15, 0.2) is 34.1 Å². The Morgan fingerprint density at radius 1 is 1.04 bits per heavy atom. The molecule has 1 heterocycles. The minimum absolute atomic E-state index is 0.0223. The van der Waals surface area contributed by atoms with Crippen LogP contribution in [-0.2, 0) is 29.6 Å². The smallest absolute Gasteiger partial charge is 0.243 e. The number of amides is 1. The zero-order valence-corrected chi connectivity index (χ0v) is 17.8. The lowest BCUT2D eigenvalue weighted by Gasteiger charge is -2.26. The Labute approximate surface area is 166 Å². The molecule has 1 fully saturated rings. The molecule has 28 heavy (non-hydrogen) atoms. The van der Waals surface area contributed by atoms with Crippen LogP contribution in [0.4, 0.5) is 0 Å². The average Bonchev–Trinajstić information content (AvgIpc) is 2.69. The predicted octanol–water partition coefficient (Wildman–Crippen LogP) is 0.244. The molecule has 1 aliphatic rings. The molecule has 0 aliphatic carbocycles. The van der Waals surface area contributed by atoms with Crippen molar-refractivity contribution in [3.8, 4) is 0 Å². The summed E-state index contributed by atoms with van der Waals surface area (Å²) in [6, 6.07) is 5.06. The van der Waals surface area contributed by atoms with Crippen LogP contribution in [0.5, 0.6) is 0 Å². The number of nitrogens with one attached hydrogen (secondary N) is 1. The molecule has 11 heteroatoms. The van der Waals surface area contributed by atoms with Gasteiger partial charge in [-0.2, -0.15) is 4.31 Å². The normalized spacial score (nSPS) is 16.1. The van der Waals surface area contributed by atoms with Crippen LogP contribution in [0.2, 0.25) is 0 Å². The minimum Gasteiger partial charge on any atom is -0.379 e. The van der Waals surface area contributed by atoms with Gasteiger partial charge in [0.2, 0.25) is 26.0 Å². The fraction of sp³-hybridized carbons (Fsp3) is 0.588. The van der Waals surface area contributed by atoms with Crippen LogP contribution in [0, 0.1) is 0 Å². The van der Waals surface area contributed by atoms with Gasteiger partial charge in [0.15, 0.2) is 0 Å². The molecular formula is C17H27N3O6S2. The van der Waals surface area contributed by atoms with Gasteiger partial charge in [-0.3, -0.25) is 4.79 Å². The van der Waals surface area contributed by atoms with E-state index in [1.54, 1.807) is 4.90 Å². The maximum absolute atomic E-state index is 12.6. The van der Waals surface area contributed by atoms with E-state index in [9.17, 15) is 21.6 Å². The molecule has 0 atom stereocenters. The molecule has 2 rings (SSSR count). The molecule has 0 aromatic heterocycles. The molecule has 0 radical (unpaired) electrons. The molecule has 158 valence electrons. The summed E-state index contributed by atoms with van der Waals surface area (Å²) in [7, 11) is -7.51. The molecule has 1 amide bonds. The van der Waals surface area contributed by atoms with Gasteiger partial charge in [-0.25, -0.2) is 21.6 Å². The number of rotatable bonds is 9. The molecule has 1 aliphatic heterocycles. The van der Waals surface area contributed by atoms with Gasteiger partial charge in [-0.1, -0.05) is 0 Å². The molecule has 1 N–H and O–H groups in total. The van der Waals surface area contributed by atoms with E-state index in [4.69, 9.17) is 4.74 Å².